The molecule has 0 fully saturated rings. The first-order chi connectivity index (χ1) is 14.2. The second-order valence-corrected chi connectivity index (χ2v) is 6.57. The van der Waals surface area contributed by atoms with Gasteiger partial charge in [-0.25, -0.2) is 4.79 Å². The number of primary amides is 2. The van der Waals surface area contributed by atoms with Crippen LogP contribution < -0.4 is 33.2 Å². The van der Waals surface area contributed by atoms with Gasteiger partial charge < -0.3 is 43.4 Å². The zero-order valence-corrected chi connectivity index (χ0v) is 16.6. The molecule has 11 N–H and O–H groups in total. The van der Waals surface area contributed by atoms with Gasteiger partial charge in [0, 0.05) is 6.42 Å². The van der Waals surface area contributed by atoms with Gasteiger partial charge in [-0.05, 0) is 13.3 Å². The molecule has 15 nitrogen and oxygen atoms in total. The Morgan fingerprint density at radius 1 is 0.774 bits per heavy atom. The molecule has 5 amide bonds. The molecule has 0 aromatic heterocycles. The molecule has 0 aromatic carbocycles. The zero-order valence-electron chi connectivity index (χ0n) is 16.6. The average molecular weight is 446 g/mol. The van der Waals surface area contributed by atoms with E-state index in [9.17, 15) is 33.6 Å². The highest BCUT2D eigenvalue weighted by Gasteiger charge is 2.29. The fourth-order valence-electron chi connectivity index (χ4n) is 2.19. The third kappa shape index (κ3) is 11.1. The molecular weight excluding hydrogens is 420 g/mol. The summed E-state index contributed by atoms with van der Waals surface area (Å²) in [6, 6.07) is -5.81. The molecule has 0 saturated carbocycles. The maximum atomic E-state index is 12.4. The number of carboxylic acid groups (broad SMARTS) is 2. The molecule has 0 saturated heterocycles. The molecular formula is C16H26N6O9. The summed E-state index contributed by atoms with van der Waals surface area (Å²) in [6.07, 6.45) is -1.98. The molecule has 0 aliphatic carbocycles. The van der Waals surface area contributed by atoms with Crippen LogP contribution in [0.1, 0.15) is 32.6 Å². The van der Waals surface area contributed by atoms with E-state index in [-0.39, 0.29) is 12.8 Å². The number of carboxylic acids is 2. The van der Waals surface area contributed by atoms with Crippen LogP contribution in [0.4, 0.5) is 0 Å². The maximum Gasteiger partial charge on any atom is 0.326 e. The van der Waals surface area contributed by atoms with E-state index in [0.717, 1.165) is 0 Å². The van der Waals surface area contributed by atoms with Crippen molar-refractivity contribution < 1.29 is 43.8 Å². The van der Waals surface area contributed by atoms with Crippen LogP contribution in [-0.4, -0.2) is 75.9 Å². The second kappa shape index (κ2) is 12.7. The summed E-state index contributed by atoms with van der Waals surface area (Å²) in [5, 5.41) is 24.0. The number of nitrogens with two attached hydrogens (primary N) is 3. The van der Waals surface area contributed by atoms with E-state index in [0.29, 0.717) is 0 Å². The molecule has 15 heteroatoms. The molecule has 4 unspecified atom stereocenters. The third-order valence-corrected chi connectivity index (χ3v) is 3.82. The monoisotopic (exact) mass is 446 g/mol. The van der Waals surface area contributed by atoms with E-state index in [1.54, 1.807) is 0 Å². The molecule has 0 spiro atoms. The summed E-state index contributed by atoms with van der Waals surface area (Å²) >= 11 is 0. The molecule has 0 aliphatic rings. The van der Waals surface area contributed by atoms with Gasteiger partial charge in [0.15, 0.2) is 0 Å². The van der Waals surface area contributed by atoms with Crippen molar-refractivity contribution in [3.05, 3.63) is 0 Å². The maximum absolute atomic E-state index is 12.4. The minimum Gasteiger partial charge on any atom is -0.481 e. The number of amides is 5. The number of hydrogen-bond acceptors (Lipinski definition) is 8. The summed E-state index contributed by atoms with van der Waals surface area (Å²) in [5.74, 6) is -7.57. The van der Waals surface area contributed by atoms with Gasteiger partial charge >= 0.3 is 11.9 Å². The van der Waals surface area contributed by atoms with Gasteiger partial charge in [-0.1, -0.05) is 0 Å². The lowest BCUT2D eigenvalue weighted by molar-refractivity contribution is -0.147. The van der Waals surface area contributed by atoms with E-state index in [1.807, 2.05) is 5.32 Å². The van der Waals surface area contributed by atoms with E-state index in [2.05, 4.69) is 10.6 Å². The topological polar surface area (TPSA) is 274 Å². The van der Waals surface area contributed by atoms with Crippen molar-refractivity contribution in [1.82, 2.24) is 16.0 Å². The van der Waals surface area contributed by atoms with Crippen LogP contribution in [0.5, 0.6) is 0 Å². The summed E-state index contributed by atoms with van der Waals surface area (Å²) in [5.41, 5.74) is 15.5. The zero-order chi connectivity index (χ0) is 24.3. The van der Waals surface area contributed by atoms with Crippen molar-refractivity contribution in [2.45, 2.75) is 56.8 Å². The standard InChI is InChI=1S/C16H26N6O9/c1-6(13(27)22-9(16(30)31)5-12(25)26)20-15(29)8(2-3-10(18)23)21-14(28)7(17)4-11(19)24/h6-9H,2-5,17H2,1H3,(H2,18,23)(H2,19,24)(H,20,29)(H,21,28)(H,22,27)(H,25,26)(H,30,31). The lowest BCUT2D eigenvalue weighted by Crippen LogP contribution is -2.56. The first kappa shape index (κ1) is 27.2. The highest BCUT2D eigenvalue weighted by Crippen LogP contribution is 2.01. The number of aliphatic carboxylic acids is 2. The Balaban J connectivity index is 5.16. The average Bonchev–Trinajstić information content (AvgIpc) is 2.62. The Morgan fingerprint density at radius 3 is 1.77 bits per heavy atom. The number of nitrogens with one attached hydrogen (secondary N) is 3. The molecule has 0 rings (SSSR count). The van der Waals surface area contributed by atoms with Crippen molar-refractivity contribution in [3.63, 3.8) is 0 Å². The van der Waals surface area contributed by atoms with Crippen LogP contribution in [0.2, 0.25) is 0 Å². The number of carbonyl (C=O) groups excluding carboxylic acids is 5. The van der Waals surface area contributed by atoms with E-state index in [4.69, 9.17) is 27.4 Å². The minimum absolute atomic E-state index is 0.263. The Hall–Kier alpha value is -3.75. The van der Waals surface area contributed by atoms with Gasteiger partial charge in [-0.15, -0.1) is 0 Å². The molecule has 174 valence electrons. The lowest BCUT2D eigenvalue weighted by atomic mass is 10.1. The van der Waals surface area contributed by atoms with Crippen LogP contribution in [0.3, 0.4) is 0 Å². The Bertz CT molecular complexity index is 741. The van der Waals surface area contributed by atoms with Gasteiger partial charge in [0.2, 0.25) is 29.5 Å². The van der Waals surface area contributed by atoms with E-state index in [1.165, 1.54) is 6.92 Å². The van der Waals surface area contributed by atoms with Gasteiger partial charge in [0.1, 0.15) is 18.1 Å². The smallest absolute Gasteiger partial charge is 0.326 e. The van der Waals surface area contributed by atoms with Crippen molar-refractivity contribution in [2.75, 3.05) is 0 Å². The van der Waals surface area contributed by atoms with Crippen LogP contribution in [0.25, 0.3) is 0 Å². The van der Waals surface area contributed by atoms with Crippen LogP contribution >= 0.6 is 0 Å². The van der Waals surface area contributed by atoms with Crippen LogP contribution in [0, 0.1) is 0 Å². The number of hydrogen-bond donors (Lipinski definition) is 8. The molecule has 0 aromatic rings. The van der Waals surface area contributed by atoms with Crippen molar-refractivity contribution in [2.24, 2.45) is 17.2 Å². The Morgan fingerprint density at radius 2 is 1.32 bits per heavy atom. The van der Waals surface area contributed by atoms with Crippen LogP contribution in [-0.2, 0) is 33.6 Å². The Kier molecular flexibility index (Phi) is 11.2. The van der Waals surface area contributed by atoms with Crippen molar-refractivity contribution in [3.8, 4) is 0 Å². The molecule has 0 bridgehead atoms. The number of carbonyl (C=O) groups is 7. The van der Waals surface area contributed by atoms with Gasteiger partial charge in [-0.3, -0.25) is 28.8 Å². The SMILES string of the molecule is CC(NC(=O)C(CCC(N)=O)NC(=O)C(N)CC(N)=O)C(=O)NC(CC(=O)O)C(=O)O. The highest BCUT2D eigenvalue weighted by atomic mass is 16.4. The normalized spacial score (nSPS) is 14.3. The van der Waals surface area contributed by atoms with E-state index >= 15 is 0 Å². The molecule has 31 heavy (non-hydrogen) atoms. The highest BCUT2D eigenvalue weighted by molar-refractivity contribution is 5.95. The molecule has 0 aliphatic heterocycles. The summed E-state index contributed by atoms with van der Waals surface area (Å²) < 4.78 is 0. The summed E-state index contributed by atoms with van der Waals surface area (Å²) in [7, 11) is 0. The van der Waals surface area contributed by atoms with Gasteiger partial charge in [-0.2, -0.15) is 0 Å². The fraction of sp³-hybridized carbons (Fsp3) is 0.562. The first-order valence-electron chi connectivity index (χ1n) is 8.92. The van der Waals surface area contributed by atoms with Gasteiger partial charge in [0.05, 0.1) is 18.9 Å². The summed E-state index contributed by atoms with van der Waals surface area (Å²) in [4.78, 5) is 80.2. The quantitative estimate of drug-likeness (QED) is 0.126. The number of rotatable bonds is 14. The van der Waals surface area contributed by atoms with Gasteiger partial charge in [0.25, 0.3) is 0 Å². The first-order valence-corrected chi connectivity index (χ1v) is 8.92. The lowest BCUT2D eigenvalue weighted by Gasteiger charge is -2.23. The molecule has 0 radical (unpaired) electrons. The second-order valence-electron chi connectivity index (χ2n) is 6.57. The minimum atomic E-state index is -1.73. The van der Waals surface area contributed by atoms with Crippen LogP contribution in [0.15, 0.2) is 0 Å². The Labute approximate surface area is 176 Å². The van der Waals surface area contributed by atoms with E-state index < -0.39 is 78.5 Å². The fourth-order valence-corrected chi connectivity index (χ4v) is 2.19. The van der Waals surface area contributed by atoms with Crippen molar-refractivity contribution >= 4 is 41.5 Å². The molecule has 4 atom stereocenters. The van der Waals surface area contributed by atoms with Crippen molar-refractivity contribution in [1.29, 1.82) is 0 Å². The predicted octanol–water partition coefficient (Wildman–Crippen LogP) is -4.51. The predicted molar refractivity (Wildman–Crippen MR) is 102 cm³/mol. The molecule has 0 heterocycles. The summed E-state index contributed by atoms with van der Waals surface area (Å²) in [6.45, 7) is 1.18. The largest absolute Gasteiger partial charge is 0.481 e. The third-order valence-electron chi connectivity index (χ3n) is 3.82.